The lowest BCUT2D eigenvalue weighted by Crippen LogP contribution is -2.50. The van der Waals surface area contributed by atoms with E-state index >= 15 is 0 Å². The molecule has 47 heavy (non-hydrogen) atoms. The standard InChI is InChI=1S/C32H55N5O10/c1-30(2,3)44-26(40)20-33-12-14-34(21-27(41)45-31(4,5)6)16-18-36(23-29(43)47-37-24(38)10-11-25(37)39)19-17-35(15-13-33)22-28(42)46-32(7,8)9/h10-11,38-39H,12-23H2,1-9H3. The average Bonchev–Trinajstić information content (AvgIpc) is 3.18. The Balaban J connectivity index is 2.30. The molecule has 1 aliphatic heterocycles. The van der Waals surface area contributed by atoms with Crippen LogP contribution in [0.25, 0.3) is 0 Å². The van der Waals surface area contributed by atoms with Gasteiger partial charge in [0, 0.05) is 64.5 Å². The van der Waals surface area contributed by atoms with Gasteiger partial charge in [-0.1, -0.05) is 0 Å². The van der Waals surface area contributed by atoms with Crippen LogP contribution in [0.2, 0.25) is 0 Å². The second kappa shape index (κ2) is 17.1. The molecule has 1 aliphatic rings. The Morgan fingerprint density at radius 3 is 0.979 bits per heavy atom. The molecule has 2 rings (SSSR count). The van der Waals surface area contributed by atoms with Crippen LogP contribution in [0.1, 0.15) is 62.3 Å². The highest BCUT2D eigenvalue weighted by molar-refractivity contribution is 5.73. The van der Waals surface area contributed by atoms with Gasteiger partial charge < -0.3 is 29.3 Å². The van der Waals surface area contributed by atoms with Gasteiger partial charge in [0.1, 0.15) is 16.8 Å². The largest absolute Gasteiger partial charge is 0.492 e. The summed E-state index contributed by atoms with van der Waals surface area (Å²) in [6.07, 6.45) is 0. The predicted octanol–water partition coefficient (Wildman–Crippen LogP) is 1.10. The Bertz CT molecular complexity index is 1130. The molecule has 2 heterocycles. The Morgan fingerprint density at radius 1 is 0.511 bits per heavy atom. The van der Waals surface area contributed by atoms with E-state index in [-0.39, 0.29) is 32.1 Å². The lowest BCUT2D eigenvalue weighted by molar-refractivity contribution is -0.158. The predicted molar refractivity (Wildman–Crippen MR) is 173 cm³/mol. The lowest BCUT2D eigenvalue weighted by atomic mass is 10.2. The van der Waals surface area contributed by atoms with Crippen molar-refractivity contribution in [2.45, 2.75) is 79.1 Å². The van der Waals surface area contributed by atoms with Gasteiger partial charge in [-0.15, -0.1) is 4.73 Å². The van der Waals surface area contributed by atoms with Crippen molar-refractivity contribution in [3.8, 4) is 11.8 Å². The van der Waals surface area contributed by atoms with Crippen molar-refractivity contribution in [3.05, 3.63) is 12.1 Å². The highest BCUT2D eigenvalue weighted by atomic mass is 16.7. The summed E-state index contributed by atoms with van der Waals surface area (Å²) in [5.41, 5.74) is -2.00. The third kappa shape index (κ3) is 16.8. The van der Waals surface area contributed by atoms with Crippen LogP contribution in [0.15, 0.2) is 12.1 Å². The smallest absolute Gasteiger partial charge is 0.347 e. The Hall–Kier alpha value is -3.40. The zero-order chi connectivity index (χ0) is 35.6. The van der Waals surface area contributed by atoms with Crippen LogP contribution >= 0.6 is 0 Å². The molecule has 15 heteroatoms. The summed E-state index contributed by atoms with van der Waals surface area (Å²) in [5.74, 6) is -2.81. The number of aromatic hydroxyl groups is 2. The molecule has 0 unspecified atom stereocenters. The maximum atomic E-state index is 12.9. The first-order chi connectivity index (χ1) is 21.6. The van der Waals surface area contributed by atoms with Gasteiger partial charge >= 0.3 is 23.9 Å². The number of ether oxygens (including phenoxy) is 3. The molecule has 0 aliphatic carbocycles. The van der Waals surface area contributed by atoms with E-state index < -0.39 is 46.5 Å². The molecule has 0 bridgehead atoms. The number of hydrogen-bond donors (Lipinski definition) is 2. The number of nitrogens with zero attached hydrogens (tertiary/aromatic N) is 5. The van der Waals surface area contributed by atoms with Gasteiger partial charge in [-0.3, -0.25) is 34.0 Å². The van der Waals surface area contributed by atoms with Crippen molar-refractivity contribution >= 4 is 23.9 Å². The van der Waals surface area contributed by atoms with Gasteiger partial charge in [0.2, 0.25) is 11.8 Å². The number of hydrogen-bond acceptors (Lipinski definition) is 14. The summed E-state index contributed by atoms with van der Waals surface area (Å²) >= 11 is 0. The molecular formula is C32H55N5O10. The van der Waals surface area contributed by atoms with Gasteiger partial charge in [-0.05, 0) is 62.3 Å². The van der Waals surface area contributed by atoms with Crippen molar-refractivity contribution in [1.29, 1.82) is 0 Å². The maximum Gasteiger partial charge on any atom is 0.347 e. The molecule has 0 saturated carbocycles. The van der Waals surface area contributed by atoms with E-state index in [1.807, 2.05) is 19.6 Å². The normalized spacial score (nSPS) is 17.3. The van der Waals surface area contributed by atoms with Crippen molar-refractivity contribution < 1.29 is 48.4 Å². The third-order valence-corrected chi connectivity index (χ3v) is 6.59. The van der Waals surface area contributed by atoms with E-state index in [2.05, 4.69) is 0 Å². The molecular weight excluding hydrogens is 614 g/mol. The first kappa shape index (κ1) is 39.8. The fourth-order valence-corrected chi connectivity index (χ4v) is 4.69. The molecule has 1 saturated heterocycles. The topological polar surface area (TPSA) is 164 Å². The first-order valence-corrected chi connectivity index (χ1v) is 15.9. The summed E-state index contributed by atoms with van der Waals surface area (Å²) in [4.78, 5) is 64.1. The minimum Gasteiger partial charge on any atom is -0.492 e. The molecule has 0 radical (unpaired) electrons. The summed E-state index contributed by atoms with van der Waals surface area (Å²) in [6.45, 7) is 19.0. The third-order valence-electron chi connectivity index (χ3n) is 6.59. The van der Waals surface area contributed by atoms with Crippen molar-refractivity contribution in [3.63, 3.8) is 0 Å². The first-order valence-electron chi connectivity index (χ1n) is 15.9. The Kier molecular flexibility index (Phi) is 14.5. The molecule has 1 fully saturated rings. The number of esters is 3. The van der Waals surface area contributed by atoms with Gasteiger partial charge in [0.05, 0.1) is 26.2 Å². The van der Waals surface area contributed by atoms with Crippen LogP contribution in [0.5, 0.6) is 11.8 Å². The highest BCUT2D eigenvalue weighted by Crippen LogP contribution is 2.19. The Morgan fingerprint density at radius 2 is 0.745 bits per heavy atom. The zero-order valence-electron chi connectivity index (χ0n) is 29.5. The monoisotopic (exact) mass is 669 g/mol. The van der Waals surface area contributed by atoms with Crippen LogP contribution < -0.4 is 4.84 Å². The average molecular weight is 670 g/mol. The maximum absolute atomic E-state index is 12.9. The van der Waals surface area contributed by atoms with Gasteiger partial charge in [0.25, 0.3) is 0 Å². The van der Waals surface area contributed by atoms with Crippen molar-refractivity contribution in [1.82, 2.24) is 24.3 Å². The summed E-state index contributed by atoms with van der Waals surface area (Å²) in [5, 5.41) is 19.8. The minimum atomic E-state index is -0.736. The molecule has 2 N–H and O–H groups in total. The van der Waals surface area contributed by atoms with Crippen molar-refractivity contribution in [2.24, 2.45) is 0 Å². The summed E-state index contributed by atoms with van der Waals surface area (Å²) in [6, 6.07) is 2.38. The van der Waals surface area contributed by atoms with Crippen molar-refractivity contribution in [2.75, 3.05) is 78.5 Å². The van der Waals surface area contributed by atoms with Gasteiger partial charge in [0.15, 0.2) is 0 Å². The van der Waals surface area contributed by atoms with Crippen LogP contribution in [0, 0.1) is 0 Å². The van der Waals surface area contributed by atoms with Gasteiger partial charge in [-0.25, -0.2) is 4.79 Å². The fraction of sp³-hybridized carbons (Fsp3) is 0.750. The van der Waals surface area contributed by atoms with E-state index in [0.29, 0.717) is 57.1 Å². The van der Waals surface area contributed by atoms with Crippen LogP contribution in [-0.2, 0) is 33.4 Å². The van der Waals surface area contributed by atoms with Gasteiger partial charge in [-0.2, -0.15) is 0 Å². The second-order valence-corrected chi connectivity index (χ2v) is 14.7. The van der Waals surface area contributed by atoms with Crippen LogP contribution in [0.4, 0.5) is 0 Å². The molecule has 1 aromatic heterocycles. The molecule has 15 nitrogen and oxygen atoms in total. The highest BCUT2D eigenvalue weighted by Gasteiger charge is 2.26. The molecule has 0 aromatic carbocycles. The summed E-state index contributed by atoms with van der Waals surface area (Å²) < 4.78 is 17.3. The van der Waals surface area contributed by atoms with E-state index in [1.165, 1.54) is 12.1 Å². The van der Waals surface area contributed by atoms with Crippen LogP contribution in [0.3, 0.4) is 0 Å². The van der Waals surface area contributed by atoms with E-state index in [1.54, 1.807) is 62.3 Å². The molecule has 0 spiro atoms. The number of rotatable bonds is 9. The SMILES string of the molecule is CC(C)(C)OC(=O)CN1CCN(CC(=O)On2c(O)ccc2O)CCN(CC(=O)OC(C)(C)C)CCN(CC(=O)OC(C)(C)C)CC1. The number of carbonyl (C=O) groups excluding carboxylic acids is 4. The molecule has 1 aromatic rings. The number of aromatic nitrogens is 1. The van der Waals surface area contributed by atoms with Crippen LogP contribution in [-0.4, -0.2) is 154 Å². The minimum absolute atomic E-state index is 0.00822. The van der Waals surface area contributed by atoms with E-state index in [4.69, 9.17) is 19.0 Å². The fourth-order valence-electron chi connectivity index (χ4n) is 4.69. The summed E-state index contributed by atoms with van der Waals surface area (Å²) in [7, 11) is 0. The lowest BCUT2D eigenvalue weighted by Gasteiger charge is -2.34. The van der Waals surface area contributed by atoms with E-state index in [0.717, 1.165) is 0 Å². The molecule has 0 atom stereocenters. The zero-order valence-corrected chi connectivity index (χ0v) is 29.5. The molecule has 268 valence electrons. The number of carbonyl (C=O) groups is 4. The Labute approximate surface area is 278 Å². The quantitative estimate of drug-likeness (QED) is 0.284. The second-order valence-electron chi connectivity index (χ2n) is 14.7. The molecule has 0 amide bonds. The van der Waals surface area contributed by atoms with E-state index in [9.17, 15) is 29.4 Å².